The van der Waals surface area contributed by atoms with Crippen LogP contribution < -0.4 is 24.8 Å². The quantitative estimate of drug-likeness (QED) is 0.375. The Morgan fingerprint density at radius 1 is 1.06 bits per heavy atom. The molecule has 6 nitrogen and oxygen atoms in total. The van der Waals surface area contributed by atoms with Crippen LogP contribution in [0.4, 0.5) is 13.2 Å². The summed E-state index contributed by atoms with van der Waals surface area (Å²) >= 11 is 3.62. The average molecular weight is 514 g/mol. The van der Waals surface area contributed by atoms with E-state index in [1.165, 1.54) is 25.3 Å². The van der Waals surface area contributed by atoms with Gasteiger partial charge in [-0.1, -0.05) is 19.1 Å². The van der Waals surface area contributed by atoms with Crippen molar-refractivity contribution in [3.8, 4) is 17.2 Å². The van der Waals surface area contributed by atoms with E-state index in [0.717, 1.165) is 11.3 Å². The number of nitrogens with one attached hydrogen (secondary N) is 2. The second-order valence-corrected chi connectivity index (χ2v) is 8.14. The molecule has 0 bridgehead atoms. The molecule has 1 aliphatic heterocycles. The van der Waals surface area contributed by atoms with E-state index in [4.69, 9.17) is 9.47 Å². The molecular formula is C22H23BrF3N3O3. The van der Waals surface area contributed by atoms with Crippen LogP contribution in [0.3, 0.4) is 0 Å². The predicted octanol–water partition coefficient (Wildman–Crippen LogP) is 5.19. The standard InChI is InChI=1S/C22H23BrF3N3O3/c1-4-18-20(17-11-16(32-22(24,25)26)9-10-19(17)31-3)27-13-21(23,29-18)28-12-14-5-7-15(30-2)8-6-14/h5-11,13,28-29H,4,12H2,1-3H3. The molecule has 2 aromatic carbocycles. The summed E-state index contributed by atoms with van der Waals surface area (Å²) in [7, 11) is 3.06. The van der Waals surface area contributed by atoms with Crippen LogP contribution in [-0.4, -0.2) is 31.4 Å². The highest BCUT2D eigenvalue weighted by molar-refractivity contribution is 9.10. The van der Waals surface area contributed by atoms with Crippen LogP contribution in [-0.2, 0) is 6.54 Å². The number of halogens is 4. The van der Waals surface area contributed by atoms with Gasteiger partial charge in [0.15, 0.2) is 4.57 Å². The first-order chi connectivity index (χ1) is 15.2. The molecule has 2 aromatic rings. The van der Waals surface area contributed by atoms with Crippen LogP contribution >= 0.6 is 15.9 Å². The monoisotopic (exact) mass is 513 g/mol. The third-order valence-corrected chi connectivity index (χ3v) is 5.40. The summed E-state index contributed by atoms with van der Waals surface area (Å²) in [5, 5.41) is 6.67. The molecule has 172 valence electrons. The number of hydrogen-bond acceptors (Lipinski definition) is 6. The van der Waals surface area contributed by atoms with E-state index in [-0.39, 0.29) is 5.75 Å². The van der Waals surface area contributed by atoms with Gasteiger partial charge in [-0.2, -0.15) is 0 Å². The summed E-state index contributed by atoms with van der Waals surface area (Å²) in [4.78, 5) is 4.54. The summed E-state index contributed by atoms with van der Waals surface area (Å²) < 4.78 is 51.8. The third-order valence-electron chi connectivity index (χ3n) is 4.71. The number of nitrogens with zero attached hydrogens (tertiary/aromatic N) is 1. The molecule has 1 heterocycles. The first kappa shape index (κ1) is 23.9. The molecule has 0 aliphatic carbocycles. The molecule has 1 unspecified atom stereocenters. The molecule has 10 heteroatoms. The lowest BCUT2D eigenvalue weighted by atomic mass is 10.1. The van der Waals surface area contributed by atoms with Gasteiger partial charge in [0, 0.05) is 17.8 Å². The van der Waals surface area contributed by atoms with Gasteiger partial charge in [-0.3, -0.25) is 10.3 Å². The normalized spacial score (nSPS) is 18.3. The predicted molar refractivity (Wildman–Crippen MR) is 120 cm³/mol. The van der Waals surface area contributed by atoms with Crippen molar-refractivity contribution in [3.05, 3.63) is 59.3 Å². The average Bonchev–Trinajstić information content (AvgIpc) is 2.77. The highest BCUT2D eigenvalue weighted by Gasteiger charge is 2.33. The van der Waals surface area contributed by atoms with Crippen molar-refractivity contribution in [1.29, 1.82) is 0 Å². The number of benzene rings is 2. The first-order valence-corrected chi connectivity index (χ1v) is 10.5. The van der Waals surface area contributed by atoms with E-state index < -0.39 is 10.9 Å². The molecular weight excluding hydrogens is 491 g/mol. The molecule has 1 atom stereocenters. The highest BCUT2D eigenvalue weighted by atomic mass is 79.9. The van der Waals surface area contributed by atoms with Crippen molar-refractivity contribution in [2.75, 3.05) is 14.2 Å². The molecule has 0 saturated carbocycles. The lowest BCUT2D eigenvalue weighted by Crippen LogP contribution is -2.53. The Morgan fingerprint density at radius 3 is 2.34 bits per heavy atom. The second kappa shape index (κ2) is 9.83. The van der Waals surface area contributed by atoms with Gasteiger partial charge in [0.25, 0.3) is 0 Å². The summed E-state index contributed by atoms with van der Waals surface area (Å²) in [6.07, 6.45) is -2.63. The van der Waals surface area contributed by atoms with Gasteiger partial charge < -0.3 is 19.5 Å². The van der Waals surface area contributed by atoms with Gasteiger partial charge in [-0.15, -0.1) is 13.2 Å². The number of rotatable bonds is 8. The fourth-order valence-electron chi connectivity index (χ4n) is 3.16. The summed E-state index contributed by atoms with van der Waals surface area (Å²) in [6.45, 7) is 2.45. The van der Waals surface area contributed by atoms with Crippen LogP contribution in [0.1, 0.15) is 24.5 Å². The van der Waals surface area contributed by atoms with Crippen molar-refractivity contribution in [1.82, 2.24) is 10.6 Å². The zero-order valence-electron chi connectivity index (χ0n) is 17.7. The molecule has 0 fully saturated rings. The summed E-state index contributed by atoms with van der Waals surface area (Å²) in [6, 6.07) is 11.5. The minimum absolute atomic E-state index is 0.347. The van der Waals surface area contributed by atoms with Crippen LogP contribution in [0.5, 0.6) is 17.2 Å². The Hall–Kier alpha value is -2.72. The molecule has 0 spiro atoms. The fraction of sp³-hybridized carbons (Fsp3) is 0.318. The van der Waals surface area contributed by atoms with Gasteiger partial charge in [-0.25, -0.2) is 0 Å². The molecule has 1 aliphatic rings. The summed E-state index contributed by atoms with van der Waals surface area (Å²) in [5.74, 6) is 0.804. The zero-order valence-corrected chi connectivity index (χ0v) is 19.3. The number of alkyl halides is 4. The van der Waals surface area contributed by atoms with Crippen LogP contribution in [0.25, 0.3) is 5.70 Å². The molecule has 0 amide bonds. The first-order valence-electron chi connectivity index (χ1n) is 9.74. The molecule has 32 heavy (non-hydrogen) atoms. The molecule has 3 rings (SSSR count). The fourth-order valence-corrected chi connectivity index (χ4v) is 3.65. The lowest BCUT2D eigenvalue weighted by Gasteiger charge is -2.32. The van der Waals surface area contributed by atoms with Crippen LogP contribution in [0.2, 0.25) is 0 Å². The Morgan fingerprint density at radius 2 is 1.75 bits per heavy atom. The number of ether oxygens (including phenoxy) is 3. The van der Waals surface area contributed by atoms with Crippen molar-refractivity contribution in [2.24, 2.45) is 4.99 Å². The van der Waals surface area contributed by atoms with Crippen molar-refractivity contribution in [3.63, 3.8) is 0 Å². The van der Waals surface area contributed by atoms with E-state index in [1.54, 1.807) is 13.3 Å². The topological polar surface area (TPSA) is 64.1 Å². The molecule has 0 saturated heterocycles. The van der Waals surface area contributed by atoms with Crippen molar-refractivity contribution >= 4 is 27.8 Å². The van der Waals surface area contributed by atoms with E-state index in [2.05, 4.69) is 36.3 Å². The molecule has 2 N–H and O–H groups in total. The van der Waals surface area contributed by atoms with Gasteiger partial charge in [0.05, 0.1) is 26.1 Å². The Labute approximate surface area is 192 Å². The van der Waals surface area contributed by atoms with Gasteiger partial charge >= 0.3 is 6.36 Å². The smallest absolute Gasteiger partial charge is 0.497 e. The summed E-state index contributed by atoms with van der Waals surface area (Å²) in [5.41, 5.74) is 2.61. The van der Waals surface area contributed by atoms with Crippen LogP contribution in [0, 0.1) is 0 Å². The third kappa shape index (κ3) is 5.95. The number of allylic oxidation sites excluding steroid dienone is 1. The molecule has 0 radical (unpaired) electrons. The largest absolute Gasteiger partial charge is 0.573 e. The minimum atomic E-state index is -4.79. The number of aliphatic imine (C=N–C) groups is 1. The van der Waals surface area contributed by atoms with Gasteiger partial charge in [-0.05, 0) is 58.2 Å². The number of hydrogen-bond donors (Lipinski definition) is 2. The lowest BCUT2D eigenvalue weighted by molar-refractivity contribution is -0.274. The van der Waals surface area contributed by atoms with Crippen LogP contribution in [0.15, 0.2) is 53.2 Å². The van der Waals surface area contributed by atoms with E-state index >= 15 is 0 Å². The van der Waals surface area contributed by atoms with Crippen molar-refractivity contribution in [2.45, 2.75) is 30.8 Å². The van der Waals surface area contributed by atoms with E-state index in [9.17, 15) is 13.2 Å². The Bertz CT molecular complexity index is 1010. The maximum Gasteiger partial charge on any atom is 0.573 e. The van der Waals surface area contributed by atoms with Gasteiger partial charge in [0.1, 0.15) is 17.2 Å². The SMILES string of the molecule is CCC1=C(c2cc(OC(F)(F)F)ccc2OC)N=CC(Br)(NCc2ccc(OC)cc2)N1. The van der Waals surface area contributed by atoms with E-state index in [1.807, 2.05) is 31.2 Å². The van der Waals surface area contributed by atoms with Crippen molar-refractivity contribution < 1.29 is 27.4 Å². The molecule has 0 aromatic heterocycles. The zero-order chi connectivity index (χ0) is 23.4. The second-order valence-electron chi connectivity index (χ2n) is 6.89. The highest BCUT2D eigenvalue weighted by Crippen LogP contribution is 2.36. The minimum Gasteiger partial charge on any atom is -0.497 e. The maximum atomic E-state index is 12.7. The Kier molecular flexibility index (Phi) is 7.35. The Balaban J connectivity index is 1.83. The van der Waals surface area contributed by atoms with Gasteiger partial charge in [0.2, 0.25) is 0 Å². The number of methoxy groups -OCH3 is 2. The van der Waals surface area contributed by atoms with E-state index in [0.29, 0.717) is 35.7 Å². The maximum absolute atomic E-state index is 12.7.